The van der Waals surface area contributed by atoms with E-state index in [0.717, 1.165) is 12.3 Å². The van der Waals surface area contributed by atoms with Gasteiger partial charge in [-0.1, -0.05) is 22.6 Å². The second kappa shape index (κ2) is 3.30. The summed E-state index contributed by atoms with van der Waals surface area (Å²) >= 11 is 4.18. The van der Waals surface area contributed by atoms with Gasteiger partial charge in [0, 0.05) is 12.3 Å². The van der Waals surface area contributed by atoms with Crippen molar-refractivity contribution in [3.8, 4) is 0 Å². The van der Waals surface area contributed by atoms with Crippen molar-refractivity contribution in [1.29, 1.82) is 0 Å². The van der Waals surface area contributed by atoms with Gasteiger partial charge in [-0.3, -0.25) is 4.79 Å². The van der Waals surface area contributed by atoms with Crippen molar-refractivity contribution in [2.45, 2.75) is 16.1 Å². The van der Waals surface area contributed by atoms with Gasteiger partial charge in [0.1, 0.15) is 0 Å². The summed E-state index contributed by atoms with van der Waals surface area (Å²) in [4.78, 5) is 11.0. The van der Waals surface area contributed by atoms with Crippen molar-refractivity contribution in [1.82, 2.24) is 5.32 Å². The highest BCUT2D eigenvalue weighted by Gasteiger charge is 2.26. The van der Waals surface area contributed by atoms with E-state index in [9.17, 15) is 4.79 Å². The maximum Gasteiger partial charge on any atom is 0.222 e. The minimum absolute atomic E-state index is 0.109. The van der Waals surface area contributed by atoms with Gasteiger partial charge in [-0.25, -0.2) is 0 Å². The first-order chi connectivity index (χ1) is 4.60. The Balaban J connectivity index is 2.54. The normalized spacial score (nSPS) is 34.8. The van der Waals surface area contributed by atoms with Gasteiger partial charge in [0.2, 0.25) is 5.91 Å². The SMILES string of the molecule is CC1(I)CC(=O)NCCS1. The van der Waals surface area contributed by atoms with Crippen LogP contribution in [0, 0.1) is 0 Å². The van der Waals surface area contributed by atoms with Crippen LogP contribution in [-0.2, 0) is 4.79 Å². The zero-order valence-electron chi connectivity index (χ0n) is 5.82. The summed E-state index contributed by atoms with van der Waals surface area (Å²) in [6.45, 7) is 2.92. The van der Waals surface area contributed by atoms with Crippen LogP contribution in [0.4, 0.5) is 0 Å². The highest BCUT2D eigenvalue weighted by molar-refractivity contribution is 14.1. The summed E-state index contributed by atoms with van der Waals surface area (Å²) in [7, 11) is 0. The Morgan fingerprint density at radius 2 is 2.50 bits per heavy atom. The molecule has 58 valence electrons. The van der Waals surface area contributed by atoms with Gasteiger partial charge in [0.05, 0.1) is 9.17 Å². The number of hydrogen-bond acceptors (Lipinski definition) is 2. The maximum atomic E-state index is 11.0. The first kappa shape index (κ1) is 8.64. The van der Waals surface area contributed by atoms with Crippen LogP contribution in [0.15, 0.2) is 0 Å². The van der Waals surface area contributed by atoms with E-state index < -0.39 is 0 Å². The Hall–Kier alpha value is 0.550. The molecular weight excluding hydrogens is 261 g/mol. The average molecular weight is 271 g/mol. The molecule has 0 saturated carbocycles. The van der Waals surface area contributed by atoms with Crippen molar-refractivity contribution in [2.75, 3.05) is 12.3 Å². The van der Waals surface area contributed by atoms with Crippen molar-refractivity contribution < 1.29 is 4.79 Å². The van der Waals surface area contributed by atoms with Crippen LogP contribution in [0.1, 0.15) is 13.3 Å². The number of halogens is 1. The van der Waals surface area contributed by atoms with Gasteiger partial charge in [0.25, 0.3) is 0 Å². The summed E-state index contributed by atoms with van der Waals surface area (Å²) in [6.07, 6.45) is 0.637. The lowest BCUT2D eigenvalue weighted by atomic mass is 10.3. The van der Waals surface area contributed by atoms with Crippen molar-refractivity contribution in [2.24, 2.45) is 0 Å². The lowest BCUT2D eigenvalue weighted by Crippen LogP contribution is -2.25. The van der Waals surface area contributed by atoms with E-state index in [1.165, 1.54) is 0 Å². The molecule has 1 saturated heterocycles. The molecule has 1 aliphatic rings. The van der Waals surface area contributed by atoms with Crippen molar-refractivity contribution in [3.63, 3.8) is 0 Å². The molecule has 1 atom stereocenters. The molecule has 4 heteroatoms. The van der Waals surface area contributed by atoms with Gasteiger partial charge in [0.15, 0.2) is 0 Å². The van der Waals surface area contributed by atoms with Gasteiger partial charge in [-0.2, -0.15) is 0 Å². The fourth-order valence-corrected chi connectivity index (χ4v) is 2.72. The van der Waals surface area contributed by atoms with Crippen molar-refractivity contribution >= 4 is 40.3 Å². The molecule has 1 amide bonds. The molecule has 0 aromatic rings. The fraction of sp³-hybridized carbons (Fsp3) is 0.833. The van der Waals surface area contributed by atoms with E-state index in [4.69, 9.17) is 0 Å². The van der Waals surface area contributed by atoms with Crippen LogP contribution < -0.4 is 5.32 Å². The molecule has 1 heterocycles. The summed E-state index contributed by atoms with van der Waals surface area (Å²) in [5, 5.41) is 2.84. The number of carbonyl (C=O) groups is 1. The third kappa shape index (κ3) is 2.65. The Kier molecular flexibility index (Phi) is 2.85. The molecule has 1 rings (SSSR count). The molecular formula is C6H10INOS. The zero-order valence-corrected chi connectivity index (χ0v) is 8.79. The molecule has 0 aliphatic carbocycles. The molecule has 2 nitrogen and oxygen atoms in total. The number of amides is 1. The standard InChI is InChI=1S/C6H10INOS/c1-6(7)4-5(9)8-2-3-10-6/h2-4H2,1H3,(H,8,9). The molecule has 0 aromatic heterocycles. The Morgan fingerprint density at radius 1 is 1.80 bits per heavy atom. The first-order valence-electron chi connectivity index (χ1n) is 3.20. The van der Waals surface area contributed by atoms with Gasteiger partial charge in [-0.15, -0.1) is 11.8 Å². The van der Waals surface area contributed by atoms with Gasteiger partial charge >= 0.3 is 0 Å². The van der Waals surface area contributed by atoms with Crippen LogP contribution in [0.2, 0.25) is 0 Å². The molecule has 1 fully saturated rings. The number of alkyl halides is 1. The minimum atomic E-state index is 0.109. The summed E-state index contributed by atoms with van der Waals surface area (Å²) in [5.41, 5.74) is 0. The summed E-state index contributed by atoms with van der Waals surface area (Å²) in [5.74, 6) is 1.22. The lowest BCUT2D eigenvalue weighted by Gasteiger charge is -2.16. The molecule has 1 unspecified atom stereocenters. The monoisotopic (exact) mass is 271 g/mol. The zero-order chi connectivity index (χ0) is 7.61. The molecule has 1 N–H and O–H groups in total. The van der Waals surface area contributed by atoms with Gasteiger partial charge in [-0.05, 0) is 6.92 Å². The molecule has 0 spiro atoms. The number of carbonyl (C=O) groups excluding carboxylic acids is 1. The highest BCUT2D eigenvalue weighted by atomic mass is 127. The predicted octanol–water partition coefficient (Wildman–Crippen LogP) is 1.39. The van der Waals surface area contributed by atoms with Gasteiger partial charge < -0.3 is 5.32 Å². The van der Waals surface area contributed by atoms with E-state index in [0.29, 0.717) is 6.42 Å². The minimum Gasteiger partial charge on any atom is -0.355 e. The molecule has 1 aliphatic heterocycles. The van der Waals surface area contributed by atoms with E-state index in [-0.39, 0.29) is 8.66 Å². The lowest BCUT2D eigenvalue weighted by molar-refractivity contribution is -0.120. The molecule has 10 heavy (non-hydrogen) atoms. The largest absolute Gasteiger partial charge is 0.355 e. The Bertz CT molecular complexity index is 149. The Labute approximate surface area is 78.7 Å². The summed E-state index contributed by atoms with van der Waals surface area (Å²) in [6, 6.07) is 0. The molecule has 0 bridgehead atoms. The first-order valence-corrected chi connectivity index (χ1v) is 5.26. The van der Waals surface area contributed by atoms with Crippen molar-refractivity contribution in [3.05, 3.63) is 0 Å². The smallest absolute Gasteiger partial charge is 0.222 e. The average Bonchev–Trinajstić information content (AvgIpc) is 1.90. The number of nitrogens with one attached hydrogen (secondary N) is 1. The number of rotatable bonds is 0. The van der Waals surface area contributed by atoms with Crippen LogP contribution in [0.25, 0.3) is 0 Å². The molecule has 0 aromatic carbocycles. The molecule has 0 radical (unpaired) electrons. The third-order valence-corrected chi connectivity index (χ3v) is 3.77. The predicted molar refractivity (Wildman–Crippen MR) is 52.5 cm³/mol. The van der Waals surface area contributed by atoms with E-state index >= 15 is 0 Å². The van der Waals surface area contributed by atoms with Crippen LogP contribution in [0.3, 0.4) is 0 Å². The maximum absolute atomic E-state index is 11.0. The topological polar surface area (TPSA) is 29.1 Å². The second-order valence-electron chi connectivity index (χ2n) is 2.48. The number of hydrogen-bond donors (Lipinski definition) is 1. The van der Waals surface area contributed by atoms with Crippen LogP contribution >= 0.6 is 34.4 Å². The highest BCUT2D eigenvalue weighted by Crippen LogP contribution is 2.36. The van der Waals surface area contributed by atoms with Crippen LogP contribution in [0.5, 0.6) is 0 Å². The van der Waals surface area contributed by atoms with E-state index in [1.807, 2.05) is 11.8 Å². The quantitative estimate of drug-likeness (QED) is 0.533. The summed E-state index contributed by atoms with van der Waals surface area (Å²) < 4.78 is 0.109. The third-order valence-electron chi connectivity index (χ3n) is 1.30. The van der Waals surface area contributed by atoms with Crippen LogP contribution in [-0.4, -0.2) is 21.0 Å². The Morgan fingerprint density at radius 3 is 3.20 bits per heavy atom. The fourth-order valence-electron chi connectivity index (χ4n) is 0.855. The second-order valence-corrected chi connectivity index (χ2v) is 7.19. The van der Waals surface area contributed by atoms with E-state index in [1.54, 1.807) is 0 Å². The number of thioether (sulfide) groups is 1. The van der Waals surface area contributed by atoms with E-state index in [2.05, 4.69) is 34.8 Å².